The van der Waals surface area contributed by atoms with Gasteiger partial charge in [-0.3, -0.25) is 9.58 Å². The summed E-state index contributed by atoms with van der Waals surface area (Å²) in [6, 6.07) is 10.0. The number of amides is 2. The number of hydrogen-bond acceptors (Lipinski definition) is 4. The van der Waals surface area contributed by atoms with Crippen LogP contribution in [0.1, 0.15) is 43.2 Å². The molecule has 0 unspecified atom stereocenters. The third kappa shape index (κ3) is 5.21. The van der Waals surface area contributed by atoms with Crippen LogP contribution in [0.2, 0.25) is 0 Å². The molecule has 0 atom stereocenters. The van der Waals surface area contributed by atoms with Crippen molar-refractivity contribution in [3.63, 3.8) is 0 Å². The van der Waals surface area contributed by atoms with Crippen molar-refractivity contribution in [2.45, 2.75) is 50.7 Å². The number of aromatic nitrogens is 2. The molecular formula is C23H33N5O2. The van der Waals surface area contributed by atoms with Gasteiger partial charge in [0.25, 0.3) is 0 Å². The Bertz CT molecular complexity index is 796. The second-order valence-corrected chi connectivity index (χ2v) is 8.39. The van der Waals surface area contributed by atoms with E-state index in [9.17, 15) is 4.79 Å². The number of urea groups is 1. The smallest absolute Gasteiger partial charge is 0.315 e. The molecule has 2 N–H and O–H groups in total. The summed E-state index contributed by atoms with van der Waals surface area (Å²) in [6.45, 7) is 5.42. The zero-order valence-electron chi connectivity index (χ0n) is 17.7. The van der Waals surface area contributed by atoms with Crippen molar-refractivity contribution in [1.82, 2.24) is 25.3 Å². The standard InChI is InChI=1S/C23H33N5O2/c29-22(24-17-20-7-2-3-8-21(20)18-28-12-6-11-26-28)25-19-23(9-4-1-5-10-23)27-13-15-30-16-14-27/h2-3,6-8,11-12H,1,4-5,9-10,13-19H2,(H2,24,25,29). The van der Waals surface area contributed by atoms with Gasteiger partial charge in [-0.15, -0.1) is 0 Å². The van der Waals surface area contributed by atoms with Gasteiger partial charge in [0.15, 0.2) is 0 Å². The minimum absolute atomic E-state index is 0.0807. The van der Waals surface area contributed by atoms with Crippen LogP contribution in [0.5, 0.6) is 0 Å². The summed E-state index contributed by atoms with van der Waals surface area (Å²) in [6.07, 6.45) is 9.81. The van der Waals surface area contributed by atoms with E-state index in [4.69, 9.17) is 4.74 Å². The molecule has 7 heteroatoms. The average Bonchev–Trinajstić information content (AvgIpc) is 3.31. The summed E-state index contributed by atoms with van der Waals surface area (Å²) in [5, 5.41) is 10.5. The molecular weight excluding hydrogens is 378 g/mol. The van der Waals surface area contributed by atoms with E-state index in [1.54, 1.807) is 6.20 Å². The van der Waals surface area contributed by atoms with Crippen LogP contribution in [0.25, 0.3) is 0 Å². The van der Waals surface area contributed by atoms with E-state index in [0.717, 1.165) is 44.7 Å². The average molecular weight is 412 g/mol. The lowest BCUT2D eigenvalue weighted by Crippen LogP contribution is -2.60. The number of carbonyl (C=O) groups is 1. The maximum absolute atomic E-state index is 12.6. The van der Waals surface area contributed by atoms with Gasteiger partial charge in [0.05, 0.1) is 19.8 Å². The lowest BCUT2D eigenvalue weighted by molar-refractivity contribution is -0.0357. The van der Waals surface area contributed by atoms with Crippen LogP contribution in [0.3, 0.4) is 0 Å². The zero-order chi connectivity index (χ0) is 20.7. The second-order valence-electron chi connectivity index (χ2n) is 8.39. The van der Waals surface area contributed by atoms with Gasteiger partial charge < -0.3 is 15.4 Å². The highest BCUT2D eigenvalue weighted by molar-refractivity contribution is 5.74. The summed E-state index contributed by atoms with van der Waals surface area (Å²) in [5.74, 6) is 0. The maximum Gasteiger partial charge on any atom is 0.315 e. The monoisotopic (exact) mass is 411 g/mol. The molecule has 162 valence electrons. The Balaban J connectivity index is 1.32. The number of carbonyl (C=O) groups excluding carboxylic acids is 1. The molecule has 1 saturated heterocycles. The lowest BCUT2D eigenvalue weighted by Gasteiger charge is -2.48. The number of rotatable bonds is 7. The van der Waals surface area contributed by atoms with Crippen LogP contribution < -0.4 is 10.6 Å². The molecule has 1 saturated carbocycles. The Labute approximate surface area is 178 Å². The highest BCUT2D eigenvalue weighted by Crippen LogP contribution is 2.33. The minimum atomic E-state index is -0.0953. The summed E-state index contributed by atoms with van der Waals surface area (Å²) < 4.78 is 7.45. The molecule has 2 amide bonds. The Morgan fingerprint density at radius 1 is 1.03 bits per heavy atom. The predicted octanol–water partition coefficient (Wildman–Crippen LogP) is 2.77. The van der Waals surface area contributed by atoms with E-state index >= 15 is 0 Å². The number of benzene rings is 1. The molecule has 0 spiro atoms. The Morgan fingerprint density at radius 2 is 1.80 bits per heavy atom. The van der Waals surface area contributed by atoms with E-state index in [1.165, 1.54) is 24.8 Å². The van der Waals surface area contributed by atoms with Gasteiger partial charge in [-0.25, -0.2) is 4.79 Å². The third-order valence-corrected chi connectivity index (χ3v) is 6.49. The van der Waals surface area contributed by atoms with Gasteiger partial charge in [-0.2, -0.15) is 5.10 Å². The number of morpholine rings is 1. The third-order valence-electron chi connectivity index (χ3n) is 6.49. The highest BCUT2D eigenvalue weighted by Gasteiger charge is 2.38. The van der Waals surface area contributed by atoms with Gasteiger partial charge in [0, 0.05) is 44.1 Å². The SMILES string of the molecule is O=C(NCc1ccccc1Cn1cccn1)NCC1(N2CCOCC2)CCCCC1. The fourth-order valence-electron chi connectivity index (χ4n) is 4.79. The van der Waals surface area contributed by atoms with Crippen LogP contribution >= 0.6 is 0 Å². The molecule has 0 radical (unpaired) electrons. The molecule has 1 aromatic carbocycles. The number of nitrogens with zero attached hydrogens (tertiary/aromatic N) is 3. The van der Waals surface area contributed by atoms with Gasteiger partial charge >= 0.3 is 6.03 Å². The molecule has 2 fully saturated rings. The minimum Gasteiger partial charge on any atom is -0.379 e. The number of ether oxygens (including phenoxy) is 1. The number of nitrogens with one attached hydrogen (secondary N) is 2. The van der Waals surface area contributed by atoms with Crippen LogP contribution in [0, 0.1) is 0 Å². The molecule has 30 heavy (non-hydrogen) atoms. The van der Waals surface area contributed by atoms with Gasteiger partial charge in [-0.05, 0) is 30.0 Å². The molecule has 2 heterocycles. The van der Waals surface area contributed by atoms with E-state index in [-0.39, 0.29) is 11.6 Å². The van der Waals surface area contributed by atoms with Gasteiger partial charge in [0.1, 0.15) is 0 Å². The summed E-state index contributed by atoms with van der Waals surface area (Å²) in [7, 11) is 0. The molecule has 0 bridgehead atoms. The van der Waals surface area contributed by atoms with Gasteiger partial charge in [0.2, 0.25) is 0 Å². The Hall–Kier alpha value is -2.38. The fourth-order valence-corrected chi connectivity index (χ4v) is 4.79. The molecule has 1 aromatic heterocycles. The van der Waals surface area contributed by atoms with Crippen molar-refractivity contribution in [3.05, 3.63) is 53.9 Å². The molecule has 7 nitrogen and oxygen atoms in total. The normalized spacial score (nSPS) is 19.3. The Morgan fingerprint density at radius 3 is 2.53 bits per heavy atom. The summed E-state index contributed by atoms with van der Waals surface area (Å²) >= 11 is 0. The van der Waals surface area contributed by atoms with E-state index in [1.807, 2.05) is 29.1 Å². The first-order valence-electron chi connectivity index (χ1n) is 11.1. The van der Waals surface area contributed by atoms with E-state index < -0.39 is 0 Å². The molecule has 1 aliphatic heterocycles. The van der Waals surface area contributed by atoms with Crippen LogP contribution in [-0.4, -0.2) is 59.1 Å². The zero-order valence-corrected chi connectivity index (χ0v) is 17.7. The predicted molar refractivity (Wildman–Crippen MR) is 116 cm³/mol. The summed E-state index contributed by atoms with van der Waals surface area (Å²) in [5.41, 5.74) is 2.36. The van der Waals surface area contributed by atoms with Gasteiger partial charge in [-0.1, -0.05) is 43.5 Å². The van der Waals surface area contributed by atoms with Crippen LogP contribution in [0.4, 0.5) is 4.79 Å². The van der Waals surface area contributed by atoms with Crippen molar-refractivity contribution in [2.24, 2.45) is 0 Å². The second kappa shape index (κ2) is 10.1. The van der Waals surface area contributed by atoms with Crippen LogP contribution in [-0.2, 0) is 17.8 Å². The van der Waals surface area contributed by atoms with Crippen molar-refractivity contribution in [1.29, 1.82) is 0 Å². The van der Waals surface area contributed by atoms with Crippen molar-refractivity contribution in [3.8, 4) is 0 Å². The quantitative estimate of drug-likeness (QED) is 0.735. The maximum atomic E-state index is 12.6. The fraction of sp³-hybridized carbons (Fsp3) is 0.565. The lowest BCUT2D eigenvalue weighted by atomic mass is 9.80. The van der Waals surface area contributed by atoms with E-state index in [0.29, 0.717) is 19.6 Å². The Kier molecular flexibility index (Phi) is 7.02. The first kappa shape index (κ1) is 20.9. The summed E-state index contributed by atoms with van der Waals surface area (Å²) in [4.78, 5) is 15.2. The first-order chi connectivity index (χ1) is 14.8. The topological polar surface area (TPSA) is 71.4 Å². The highest BCUT2D eigenvalue weighted by atomic mass is 16.5. The molecule has 2 aliphatic rings. The molecule has 1 aliphatic carbocycles. The van der Waals surface area contributed by atoms with Crippen molar-refractivity contribution in [2.75, 3.05) is 32.8 Å². The van der Waals surface area contributed by atoms with Crippen molar-refractivity contribution >= 4 is 6.03 Å². The first-order valence-corrected chi connectivity index (χ1v) is 11.1. The largest absolute Gasteiger partial charge is 0.379 e. The number of hydrogen-bond donors (Lipinski definition) is 2. The molecule has 2 aromatic rings. The van der Waals surface area contributed by atoms with Crippen molar-refractivity contribution < 1.29 is 9.53 Å². The molecule has 4 rings (SSSR count). The van der Waals surface area contributed by atoms with Crippen LogP contribution in [0.15, 0.2) is 42.7 Å². The van der Waals surface area contributed by atoms with E-state index in [2.05, 4.69) is 32.8 Å².